The van der Waals surface area contributed by atoms with Crippen LogP contribution in [0.15, 0.2) is 48.7 Å². The zero-order valence-electron chi connectivity index (χ0n) is 16.6. The summed E-state index contributed by atoms with van der Waals surface area (Å²) >= 11 is 0. The van der Waals surface area contributed by atoms with Gasteiger partial charge < -0.3 is 14.5 Å². The largest absolute Gasteiger partial charge is 0.573 e. The number of carbonyl (C=O) groups is 1. The van der Waals surface area contributed by atoms with Gasteiger partial charge in [0.25, 0.3) is 5.91 Å². The molecule has 162 valence electrons. The topological polar surface area (TPSA) is 76.4 Å². The van der Waals surface area contributed by atoms with Crippen molar-refractivity contribution in [3.8, 4) is 11.6 Å². The molecule has 3 heterocycles. The number of hydrogen-bond acceptors (Lipinski definition) is 6. The van der Waals surface area contributed by atoms with E-state index in [0.29, 0.717) is 37.8 Å². The molecular formula is C20H19F3N6O2. The third kappa shape index (κ3) is 4.93. The Hall–Kier alpha value is -3.63. The molecule has 1 amide bonds. The summed E-state index contributed by atoms with van der Waals surface area (Å²) in [5.74, 6) is 0.523. The summed E-state index contributed by atoms with van der Waals surface area (Å²) in [5, 5.41) is 12.7. The fraction of sp³-hybridized carbons (Fsp3) is 0.300. The molecule has 31 heavy (non-hydrogen) atoms. The normalized spacial score (nSPS) is 14.6. The number of piperazine rings is 1. The minimum absolute atomic E-state index is 0.147. The van der Waals surface area contributed by atoms with Gasteiger partial charge >= 0.3 is 6.36 Å². The maximum Gasteiger partial charge on any atom is 0.573 e. The van der Waals surface area contributed by atoms with Gasteiger partial charge in [-0.1, -0.05) is 6.07 Å². The Balaban J connectivity index is 1.37. The lowest BCUT2D eigenvalue weighted by molar-refractivity contribution is -0.274. The second-order valence-electron chi connectivity index (χ2n) is 7.01. The van der Waals surface area contributed by atoms with E-state index < -0.39 is 12.1 Å². The van der Waals surface area contributed by atoms with Crippen LogP contribution in [0.1, 0.15) is 16.1 Å². The number of aromatic nitrogens is 4. The molecule has 0 bridgehead atoms. The molecule has 1 fully saturated rings. The first-order valence-corrected chi connectivity index (χ1v) is 9.55. The molecule has 4 rings (SSSR count). The number of aryl methyl sites for hydroxylation is 1. The van der Waals surface area contributed by atoms with Crippen LogP contribution in [0.5, 0.6) is 5.75 Å². The van der Waals surface area contributed by atoms with Crippen LogP contribution < -0.4 is 9.64 Å². The van der Waals surface area contributed by atoms with Gasteiger partial charge in [0.2, 0.25) is 0 Å². The lowest BCUT2D eigenvalue weighted by Crippen LogP contribution is -2.49. The van der Waals surface area contributed by atoms with Crippen LogP contribution >= 0.6 is 0 Å². The van der Waals surface area contributed by atoms with E-state index in [1.54, 1.807) is 15.8 Å². The van der Waals surface area contributed by atoms with Crippen LogP contribution in [0.4, 0.5) is 19.0 Å². The maximum atomic E-state index is 12.7. The molecule has 0 saturated carbocycles. The predicted octanol–water partition coefficient (Wildman–Crippen LogP) is 2.83. The summed E-state index contributed by atoms with van der Waals surface area (Å²) in [4.78, 5) is 16.3. The Morgan fingerprint density at radius 3 is 2.32 bits per heavy atom. The molecule has 0 spiro atoms. The van der Waals surface area contributed by atoms with Crippen molar-refractivity contribution in [1.82, 2.24) is 24.9 Å². The highest BCUT2D eigenvalue weighted by Gasteiger charge is 2.31. The molecule has 1 aromatic carbocycles. The molecule has 0 aliphatic carbocycles. The quantitative estimate of drug-likeness (QED) is 0.631. The van der Waals surface area contributed by atoms with E-state index in [0.717, 1.165) is 17.8 Å². The third-order valence-electron chi connectivity index (χ3n) is 4.80. The van der Waals surface area contributed by atoms with Crippen molar-refractivity contribution >= 4 is 11.7 Å². The highest BCUT2D eigenvalue weighted by Crippen LogP contribution is 2.24. The summed E-state index contributed by atoms with van der Waals surface area (Å²) in [6.07, 6.45) is -3.00. The molecule has 0 N–H and O–H groups in total. The van der Waals surface area contributed by atoms with Gasteiger partial charge in [0.1, 0.15) is 5.75 Å². The fourth-order valence-corrected chi connectivity index (χ4v) is 3.30. The number of halogens is 3. The van der Waals surface area contributed by atoms with Crippen LogP contribution in [0.25, 0.3) is 5.82 Å². The van der Waals surface area contributed by atoms with Gasteiger partial charge in [-0.25, -0.2) is 4.68 Å². The number of amides is 1. The van der Waals surface area contributed by atoms with Crippen molar-refractivity contribution in [2.75, 3.05) is 31.1 Å². The van der Waals surface area contributed by atoms with Crippen LogP contribution in [0.3, 0.4) is 0 Å². The molecule has 0 atom stereocenters. The Bertz CT molecular complexity index is 1060. The molecule has 1 saturated heterocycles. The number of anilines is 1. The van der Waals surface area contributed by atoms with E-state index in [2.05, 4.69) is 20.0 Å². The molecule has 1 aliphatic rings. The monoisotopic (exact) mass is 432 g/mol. The molecule has 0 radical (unpaired) electrons. The minimum Gasteiger partial charge on any atom is -0.406 e. The van der Waals surface area contributed by atoms with E-state index in [-0.39, 0.29) is 11.5 Å². The van der Waals surface area contributed by atoms with E-state index in [9.17, 15) is 18.0 Å². The highest BCUT2D eigenvalue weighted by molar-refractivity contribution is 5.94. The number of hydrogen-bond donors (Lipinski definition) is 0. The molecule has 2 aromatic heterocycles. The van der Waals surface area contributed by atoms with Crippen molar-refractivity contribution in [3.05, 3.63) is 59.9 Å². The molecule has 3 aromatic rings. The molecular weight excluding hydrogens is 413 g/mol. The number of nitrogens with zero attached hydrogens (tertiary/aromatic N) is 6. The number of alkyl halides is 3. The maximum absolute atomic E-state index is 12.7. The van der Waals surface area contributed by atoms with Gasteiger partial charge in [-0.2, -0.15) is 5.10 Å². The minimum atomic E-state index is -4.81. The summed E-state index contributed by atoms with van der Waals surface area (Å²) in [6.45, 7) is 3.76. The van der Waals surface area contributed by atoms with Crippen molar-refractivity contribution < 1.29 is 22.7 Å². The van der Waals surface area contributed by atoms with E-state index >= 15 is 0 Å². The molecule has 8 nitrogen and oxygen atoms in total. The lowest BCUT2D eigenvalue weighted by atomic mass is 10.1. The third-order valence-corrected chi connectivity index (χ3v) is 4.80. The van der Waals surface area contributed by atoms with Crippen LogP contribution in [0.2, 0.25) is 0 Å². The van der Waals surface area contributed by atoms with E-state index in [4.69, 9.17) is 0 Å². The van der Waals surface area contributed by atoms with Gasteiger partial charge in [0, 0.05) is 37.9 Å². The average Bonchev–Trinajstić information content (AvgIpc) is 3.19. The van der Waals surface area contributed by atoms with Crippen molar-refractivity contribution in [3.63, 3.8) is 0 Å². The molecule has 11 heteroatoms. The summed E-state index contributed by atoms with van der Waals surface area (Å²) in [5.41, 5.74) is 1.02. The van der Waals surface area contributed by atoms with Gasteiger partial charge in [-0.05, 0) is 43.3 Å². The Morgan fingerprint density at radius 2 is 1.71 bits per heavy atom. The standard InChI is InChI=1S/C20H19F3N6O2/c1-14-7-8-29(26-14)18-6-5-17(24-25-18)27-9-11-28(12-10-27)19(30)15-3-2-4-16(13-15)31-20(21,22)23/h2-8,13H,9-12H2,1H3. The average molecular weight is 432 g/mol. The Morgan fingerprint density at radius 1 is 1.00 bits per heavy atom. The summed E-state index contributed by atoms with van der Waals surface area (Å²) in [6, 6.07) is 10.6. The Labute approximate surface area is 175 Å². The number of rotatable bonds is 4. The SMILES string of the molecule is Cc1ccn(-c2ccc(N3CCN(C(=O)c4cccc(OC(F)(F)F)c4)CC3)nn2)n1. The zero-order valence-corrected chi connectivity index (χ0v) is 16.6. The van der Waals surface area contributed by atoms with Gasteiger partial charge in [-0.3, -0.25) is 4.79 Å². The van der Waals surface area contributed by atoms with Crippen LogP contribution in [-0.4, -0.2) is 63.3 Å². The lowest BCUT2D eigenvalue weighted by Gasteiger charge is -2.35. The first kappa shape index (κ1) is 20.6. The van der Waals surface area contributed by atoms with Gasteiger partial charge in [0.15, 0.2) is 11.6 Å². The van der Waals surface area contributed by atoms with Crippen molar-refractivity contribution in [2.45, 2.75) is 13.3 Å². The molecule has 0 unspecified atom stereocenters. The molecule has 1 aliphatic heterocycles. The smallest absolute Gasteiger partial charge is 0.406 e. The van der Waals surface area contributed by atoms with E-state index in [1.165, 1.54) is 12.1 Å². The van der Waals surface area contributed by atoms with E-state index in [1.807, 2.05) is 30.0 Å². The highest BCUT2D eigenvalue weighted by atomic mass is 19.4. The number of benzene rings is 1. The first-order valence-electron chi connectivity index (χ1n) is 9.55. The Kier molecular flexibility index (Phi) is 5.49. The first-order chi connectivity index (χ1) is 14.8. The second-order valence-corrected chi connectivity index (χ2v) is 7.01. The summed E-state index contributed by atoms with van der Waals surface area (Å²) < 4.78 is 42.8. The second kappa shape index (κ2) is 8.25. The van der Waals surface area contributed by atoms with Crippen LogP contribution in [0, 0.1) is 6.92 Å². The number of carbonyl (C=O) groups excluding carboxylic acids is 1. The van der Waals surface area contributed by atoms with Gasteiger partial charge in [0.05, 0.1) is 5.69 Å². The number of ether oxygens (including phenoxy) is 1. The predicted molar refractivity (Wildman–Crippen MR) is 105 cm³/mol. The van der Waals surface area contributed by atoms with Crippen LogP contribution in [-0.2, 0) is 0 Å². The van der Waals surface area contributed by atoms with Crippen molar-refractivity contribution in [1.29, 1.82) is 0 Å². The fourth-order valence-electron chi connectivity index (χ4n) is 3.30. The zero-order chi connectivity index (χ0) is 22.0. The summed E-state index contributed by atoms with van der Waals surface area (Å²) in [7, 11) is 0. The van der Waals surface area contributed by atoms with Gasteiger partial charge in [-0.15, -0.1) is 23.4 Å². The van der Waals surface area contributed by atoms with Crippen molar-refractivity contribution in [2.24, 2.45) is 0 Å².